The molecule has 196 valence electrons. The predicted molar refractivity (Wildman–Crippen MR) is 144 cm³/mol. The van der Waals surface area contributed by atoms with Crippen molar-refractivity contribution in [1.82, 2.24) is 15.6 Å². The zero-order valence-electron chi connectivity index (χ0n) is 21.3. The Morgan fingerprint density at radius 2 is 1.78 bits per heavy atom. The van der Waals surface area contributed by atoms with Crippen molar-refractivity contribution in [2.24, 2.45) is 0 Å². The highest BCUT2D eigenvalue weighted by Crippen LogP contribution is 2.38. The second-order valence-electron chi connectivity index (χ2n) is 9.64. The molecule has 0 radical (unpaired) electrons. The van der Waals surface area contributed by atoms with Crippen molar-refractivity contribution in [1.29, 1.82) is 0 Å². The van der Waals surface area contributed by atoms with Crippen molar-refractivity contribution < 1.29 is 18.7 Å². The van der Waals surface area contributed by atoms with Crippen LogP contribution < -0.4 is 16.0 Å². The lowest BCUT2D eigenvalue weighted by molar-refractivity contribution is 0.109. The molecule has 1 aliphatic rings. The normalized spacial score (nSPS) is 18.2. The summed E-state index contributed by atoms with van der Waals surface area (Å²) in [7, 11) is 0. The third-order valence-electron chi connectivity index (χ3n) is 6.40. The van der Waals surface area contributed by atoms with E-state index in [0.717, 1.165) is 41.1 Å². The van der Waals surface area contributed by atoms with Gasteiger partial charge in [-0.25, -0.2) is 19.0 Å². The van der Waals surface area contributed by atoms with Crippen LogP contribution in [0.25, 0.3) is 10.4 Å². The van der Waals surface area contributed by atoms with Gasteiger partial charge in [0.15, 0.2) is 0 Å². The highest BCUT2D eigenvalue weighted by Gasteiger charge is 2.26. The van der Waals surface area contributed by atoms with Gasteiger partial charge in [-0.3, -0.25) is 0 Å². The smallest absolute Gasteiger partial charge is 0.407 e. The van der Waals surface area contributed by atoms with Gasteiger partial charge in [-0.1, -0.05) is 30.3 Å². The highest BCUT2D eigenvalue weighted by atomic mass is 32.1. The fourth-order valence-corrected chi connectivity index (χ4v) is 5.60. The zero-order chi connectivity index (χ0) is 26.4. The van der Waals surface area contributed by atoms with Gasteiger partial charge in [0.25, 0.3) is 0 Å². The number of rotatable bonds is 7. The largest absolute Gasteiger partial charge is 0.447 e. The van der Waals surface area contributed by atoms with Gasteiger partial charge in [0.05, 0.1) is 22.0 Å². The van der Waals surface area contributed by atoms with Crippen LogP contribution in [0.15, 0.2) is 54.7 Å². The monoisotopic (exact) mass is 524 g/mol. The van der Waals surface area contributed by atoms with E-state index in [0.29, 0.717) is 11.3 Å². The van der Waals surface area contributed by atoms with Crippen molar-refractivity contribution in [3.8, 4) is 10.4 Å². The number of hydrogen-bond donors (Lipinski definition) is 3. The summed E-state index contributed by atoms with van der Waals surface area (Å²) < 4.78 is 20.2. The highest BCUT2D eigenvalue weighted by molar-refractivity contribution is 7.15. The minimum absolute atomic E-state index is 0.104. The lowest BCUT2D eigenvalue weighted by Crippen LogP contribution is -2.38. The Hall–Kier alpha value is -3.46. The molecule has 4 rings (SSSR count). The van der Waals surface area contributed by atoms with Crippen LogP contribution in [0.5, 0.6) is 0 Å². The van der Waals surface area contributed by atoms with E-state index in [4.69, 9.17) is 4.74 Å². The number of carbonyl (C=O) groups excluding carboxylic acids is 2. The molecule has 1 aromatic heterocycles. The molecule has 9 heteroatoms. The number of benzene rings is 2. The van der Waals surface area contributed by atoms with Crippen LogP contribution >= 0.6 is 11.3 Å². The summed E-state index contributed by atoms with van der Waals surface area (Å²) in [6, 6.07) is 13.8. The van der Waals surface area contributed by atoms with Gasteiger partial charge in [-0.15, -0.1) is 11.3 Å². The number of urea groups is 1. The molecule has 2 aromatic carbocycles. The van der Waals surface area contributed by atoms with Crippen LogP contribution in [-0.2, 0) is 4.74 Å². The van der Waals surface area contributed by atoms with Crippen molar-refractivity contribution in [3.63, 3.8) is 0 Å². The molecule has 7 nitrogen and oxygen atoms in total. The Morgan fingerprint density at radius 1 is 1.05 bits per heavy atom. The lowest BCUT2D eigenvalue weighted by Gasteiger charge is -2.28. The van der Waals surface area contributed by atoms with Gasteiger partial charge in [-0.05, 0) is 70.2 Å². The number of thiazole rings is 1. The number of aromatic nitrogens is 1. The predicted octanol–water partition coefficient (Wildman–Crippen LogP) is 6.99. The Balaban J connectivity index is 1.31. The summed E-state index contributed by atoms with van der Waals surface area (Å²) in [5, 5.41) is 9.48. The quantitative estimate of drug-likeness (QED) is 0.310. The number of nitrogens with one attached hydrogen (secondary N) is 3. The van der Waals surface area contributed by atoms with E-state index in [1.807, 2.05) is 51.1 Å². The van der Waals surface area contributed by atoms with Crippen molar-refractivity contribution >= 4 is 29.1 Å². The second kappa shape index (κ2) is 12.2. The number of alkyl carbamates (subject to hydrolysis) is 1. The maximum absolute atomic E-state index is 15.0. The number of ether oxygens (including phenoxy) is 1. The Kier molecular flexibility index (Phi) is 8.76. The number of nitrogens with zero attached hydrogens (tertiary/aromatic N) is 1. The molecule has 3 aromatic rings. The Labute approximate surface area is 220 Å². The minimum Gasteiger partial charge on any atom is -0.447 e. The lowest BCUT2D eigenvalue weighted by atomic mass is 9.86. The average molecular weight is 525 g/mol. The van der Waals surface area contributed by atoms with Crippen LogP contribution in [0, 0.1) is 5.82 Å². The first kappa shape index (κ1) is 26.6. The molecule has 37 heavy (non-hydrogen) atoms. The summed E-state index contributed by atoms with van der Waals surface area (Å²) in [6.07, 6.45) is 4.72. The first-order valence-electron chi connectivity index (χ1n) is 12.6. The fourth-order valence-electron chi connectivity index (χ4n) is 4.48. The summed E-state index contributed by atoms with van der Waals surface area (Å²) in [5.74, 6) is -0.127. The van der Waals surface area contributed by atoms with Crippen LogP contribution in [0.3, 0.4) is 0 Å². The maximum Gasteiger partial charge on any atom is 0.407 e. The van der Waals surface area contributed by atoms with Crippen LogP contribution in [0.2, 0.25) is 0 Å². The molecule has 0 bridgehead atoms. The number of amides is 3. The molecule has 0 spiro atoms. The summed E-state index contributed by atoms with van der Waals surface area (Å²) in [6.45, 7) is 5.55. The van der Waals surface area contributed by atoms with E-state index < -0.39 is 11.8 Å². The first-order chi connectivity index (χ1) is 17.8. The van der Waals surface area contributed by atoms with E-state index in [1.165, 1.54) is 17.4 Å². The summed E-state index contributed by atoms with van der Waals surface area (Å²) in [5.41, 5.74) is 1.82. The van der Waals surface area contributed by atoms with E-state index in [-0.39, 0.29) is 30.2 Å². The molecule has 0 unspecified atom stereocenters. The van der Waals surface area contributed by atoms with E-state index in [2.05, 4.69) is 20.9 Å². The number of hydrogen-bond acceptors (Lipinski definition) is 5. The zero-order valence-corrected chi connectivity index (χ0v) is 22.1. The standard InChI is InChI=1S/C28H33FN4O3S/c1-17(2)36-28(35)33-21-11-9-20(10-12-21)26-30-16-25(37-26)23-14-13-22(15-24(23)29)32-27(34)31-18(3)19-7-5-4-6-8-19/h4-8,13-18,20-21H,9-12H2,1-3H3,(H,33,35)(H2,31,32,34)/t18-,20?,21?/m0/s1. The fraction of sp³-hybridized carbons (Fsp3) is 0.393. The Bertz CT molecular complexity index is 1210. The minimum atomic E-state index is -0.416. The van der Waals surface area contributed by atoms with Crippen molar-refractivity contribution in [2.75, 3.05) is 5.32 Å². The SMILES string of the molecule is CC(C)OC(=O)NC1CCC(c2ncc(-c3ccc(NC(=O)N[C@@H](C)c4ccccc4)cc3F)s2)CC1. The molecule has 1 aliphatic carbocycles. The molecule has 1 fully saturated rings. The van der Waals surface area contributed by atoms with E-state index >= 15 is 0 Å². The van der Waals surface area contributed by atoms with Gasteiger partial charge in [0.1, 0.15) is 5.82 Å². The Morgan fingerprint density at radius 3 is 2.46 bits per heavy atom. The third kappa shape index (κ3) is 7.29. The molecule has 1 saturated carbocycles. The molecular formula is C28H33FN4O3S. The van der Waals surface area contributed by atoms with Crippen molar-refractivity contribution in [3.05, 3.63) is 71.1 Å². The third-order valence-corrected chi connectivity index (χ3v) is 7.60. The maximum atomic E-state index is 15.0. The summed E-state index contributed by atoms with van der Waals surface area (Å²) in [4.78, 5) is 29.6. The van der Waals surface area contributed by atoms with E-state index in [9.17, 15) is 14.0 Å². The number of anilines is 1. The number of carbonyl (C=O) groups is 2. The molecular weight excluding hydrogens is 491 g/mol. The van der Waals surface area contributed by atoms with Crippen LogP contribution in [-0.4, -0.2) is 29.3 Å². The topological polar surface area (TPSA) is 92.3 Å². The van der Waals surface area contributed by atoms with Crippen LogP contribution in [0.4, 0.5) is 19.7 Å². The number of halogens is 1. The molecule has 0 aliphatic heterocycles. The first-order valence-corrected chi connectivity index (χ1v) is 13.5. The van der Waals surface area contributed by atoms with E-state index in [1.54, 1.807) is 18.3 Å². The van der Waals surface area contributed by atoms with Gasteiger partial charge in [0.2, 0.25) is 0 Å². The van der Waals surface area contributed by atoms with Gasteiger partial charge in [0, 0.05) is 29.4 Å². The van der Waals surface area contributed by atoms with Gasteiger partial charge >= 0.3 is 12.1 Å². The second-order valence-corrected chi connectivity index (χ2v) is 10.7. The van der Waals surface area contributed by atoms with Gasteiger partial charge < -0.3 is 20.7 Å². The molecule has 0 saturated heterocycles. The van der Waals surface area contributed by atoms with Crippen LogP contribution in [0.1, 0.15) is 69.0 Å². The molecule has 1 heterocycles. The summed E-state index contributed by atoms with van der Waals surface area (Å²) >= 11 is 1.49. The average Bonchev–Trinajstić information content (AvgIpc) is 3.34. The molecule has 1 atom stereocenters. The van der Waals surface area contributed by atoms with Crippen molar-refractivity contribution in [2.45, 2.75) is 70.6 Å². The molecule has 3 N–H and O–H groups in total. The van der Waals surface area contributed by atoms with Gasteiger partial charge in [-0.2, -0.15) is 0 Å². The molecule has 3 amide bonds.